The number of fused-ring (bicyclic) bond motifs is 1. The molecule has 24 heavy (non-hydrogen) atoms. The van der Waals surface area contributed by atoms with Crippen molar-refractivity contribution in [3.05, 3.63) is 58.9 Å². The third kappa shape index (κ3) is 3.03. The van der Waals surface area contributed by atoms with Gasteiger partial charge in [0.2, 0.25) is 0 Å². The summed E-state index contributed by atoms with van der Waals surface area (Å²) in [5.74, 6) is -0.493. The number of hydrogen-bond acceptors (Lipinski definition) is 4. The normalized spacial score (nSPS) is 11.5. The molecule has 0 unspecified atom stereocenters. The molecular formula is C18H18N4O2. The van der Waals surface area contributed by atoms with Crippen molar-refractivity contribution in [3.8, 4) is 0 Å². The van der Waals surface area contributed by atoms with E-state index in [0.29, 0.717) is 17.2 Å². The molecule has 3 rings (SSSR count). The third-order valence-corrected chi connectivity index (χ3v) is 3.96. The Balaban J connectivity index is 2.09. The molecule has 1 aromatic carbocycles. The minimum absolute atomic E-state index is 0.192. The van der Waals surface area contributed by atoms with E-state index < -0.39 is 5.97 Å². The highest BCUT2D eigenvalue weighted by molar-refractivity contribution is 5.72. The van der Waals surface area contributed by atoms with Crippen molar-refractivity contribution in [2.75, 3.05) is 0 Å². The molecule has 0 atom stereocenters. The molecule has 122 valence electrons. The largest absolute Gasteiger partial charge is 0.481 e. The molecule has 0 spiro atoms. The van der Waals surface area contributed by atoms with Gasteiger partial charge >= 0.3 is 5.97 Å². The van der Waals surface area contributed by atoms with E-state index in [2.05, 4.69) is 15.2 Å². The molecule has 3 aromatic rings. The van der Waals surface area contributed by atoms with Crippen molar-refractivity contribution in [3.63, 3.8) is 0 Å². The Morgan fingerprint density at radius 2 is 1.92 bits per heavy atom. The van der Waals surface area contributed by atoms with Crippen molar-refractivity contribution >= 4 is 23.1 Å². The van der Waals surface area contributed by atoms with Crippen LogP contribution in [0, 0.1) is 20.8 Å². The minimum atomic E-state index is -0.946. The Morgan fingerprint density at radius 3 is 2.62 bits per heavy atom. The fraction of sp³-hybridized carbons (Fsp3) is 0.222. The van der Waals surface area contributed by atoms with Crippen LogP contribution in [0.25, 0.3) is 5.65 Å². The van der Waals surface area contributed by atoms with Gasteiger partial charge in [0.05, 0.1) is 17.8 Å². The van der Waals surface area contributed by atoms with Crippen LogP contribution in [0.4, 0.5) is 11.5 Å². The van der Waals surface area contributed by atoms with Gasteiger partial charge in [0.1, 0.15) is 5.65 Å². The fourth-order valence-electron chi connectivity index (χ4n) is 2.50. The molecule has 0 aliphatic rings. The van der Waals surface area contributed by atoms with Gasteiger partial charge < -0.3 is 5.11 Å². The molecular weight excluding hydrogens is 304 g/mol. The molecule has 0 fully saturated rings. The fourth-order valence-corrected chi connectivity index (χ4v) is 2.50. The first-order valence-electron chi connectivity index (χ1n) is 7.63. The molecule has 0 saturated heterocycles. The van der Waals surface area contributed by atoms with E-state index in [1.165, 1.54) is 5.56 Å². The van der Waals surface area contributed by atoms with Gasteiger partial charge in [0.25, 0.3) is 0 Å². The number of pyridine rings is 1. The van der Waals surface area contributed by atoms with Gasteiger partial charge in [-0.05, 0) is 55.7 Å². The molecule has 0 aliphatic carbocycles. The first-order valence-corrected chi connectivity index (χ1v) is 7.63. The van der Waals surface area contributed by atoms with Crippen LogP contribution in [0.15, 0.2) is 46.8 Å². The lowest BCUT2D eigenvalue weighted by Crippen LogP contribution is -2.00. The second-order valence-corrected chi connectivity index (χ2v) is 5.81. The van der Waals surface area contributed by atoms with Crippen molar-refractivity contribution in [1.29, 1.82) is 0 Å². The lowest BCUT2D eigenvalue weighted by Gasteiger charge is -2.01. The molecule has 0 saturated carbocycles. The number of imidazole rings is 1. The number of rotatable bonds is 4. The number of aromatic nitrogens is 2. The lowest BCUT2D eigenvalue weighted by atomic mass is 10.1. The second kappa shape index (κ2) is 6.23. The summed E-state index contributed by atoms with van der Waals surface area (Å²) in [6.45, 7) is 5.98. The highest BCUT2D eigenvalue weighted by atomic mass is 16.4. The summed E-state index contributed by atoms with van der Waals surface area (Å²) in [4.78, 5) is 15.5. The van der Waals surface area contributed by atoms with E-state index in [1.807, 2.05) is 57.3 Å². The third-order valence-electron chi connectivity index (χ3n) is 3.96. The van der Waals surface area contributed by atoms with Crippen LogP contribution < -0.4 is 0 Å². The molecule has 1 N–H and O–H groups in total. The van der Waals surface area contributed by atoms with Crippen LogP contribution in [0.5, 0.6) is 0 Å². The maximum absolute atomic E-state index is 11.1. The maximum Gasteiger partial charge on any atom is 0.309 e. The summed E-state index contributed by atoms with van der Waals surface area (Å²) in [5, 5.41) is 17.7. The van der Waals surface area contributed by atoms with Crippen LogP contribution in [-0.2, 0) is 11.2 Å². The average molecular weight is 322 g/mol. The zero-order valence-corrected chi connectivity index (χ0v) is 13.8. The van der Waals surface area contributed by atoms with E-state index in [9.17, 15) is 4.79 Å². The molecule has 6 heteroatoms. The van der Waals surface area contributed by atoms with Gasteiger partial charge in [-0.15, -0.1) is 10.2 Å². The Morgan fingerprint density at radius 1 is 1.12 bits per heavy atom. The summed E-state index contributed by atoms with van der Waals surface area (Å²) in [6.07, 6.45) is 1.62. The zero-order chi connectivity index (χ0) is 17.3. The number of aliphatic carboxylic acids is 1. The lowest BCUT2D eigenvalue weighted by molar-refractivity contribution is -0.136. The van der Waals surface area contributed by atoms with Gasteiger partial charge in [0, 0.05) is 6.20 Å². The smallest absolute Gasteiger partial charge is 0.309 e. The van der Waals surface area contributed by atoms with Crippen LogP contribution in [0.1, 0.15) is 22.4 Å². The number of nitrogens with zero attached hydrogens (tertiary/aromatic N) is 4. The van der Waals surface area contributed by atoms with Gasteiger partial charge in [-0.1, -0.05) is 12.1 Å². The molecule has 2 heterocycles. The Bertz CT molecular complexity index is 957. The second-order valence-electron chi connectivity index (χ2n) is 5.81. The van der Waals surface area contributed by atoms with Gasteiger partial charge in [0.15, 0.2) is 5.82 Å². The van der Waals surface area contributed by atoms with Crippen molar-refractivity contribution in [1.82, 2.24) is 9.38 Å². The minimum Gasteiger partial charge on any atom is -0.481 e. The number of benzene rings is 1. The zero-order valence-electron chi connectivity index (χ0n) is 13.8. The Labute approximate surface area is 139 Å². The van der Waals surface area contributed by atoms with Gasteiger partial charge in [-0.3, -0.25) is 9.20 Å². The van der Waals surface area contributed by atoms with Crippen molar-refractivity contribution in [2.24, 2.45) is 10.2 Å². The molecule has 0 radical (unpaired) electrons. The number of carboxylic acids is 1. The quantitative estimate of drug-likeness (QED) is 0.727. The van der Waals surface area contributed by atoms with Crippen LogP contribution in [0.3, 0.4) is 0 Å². The molecule has 6 nitrogen and oxygen atoms in total. The maximum atomic E-state index is 11.1. The summed E-state index contributed by atoms with van der Waals surface area (Å²) in [5.41, 5.74) is 5.10. The number of hydrogen-bond donors (Lipinski definition) is 1. The van der Waals surface area contributed by atoms with Crippen LogP contribution in [-0.4, -0.2) is 20.5 Å². The SMILES string of the molecule is Cc1ccc(N=Nc2c(CC(=O)O)nc3c(C)cccn23)cc1C. The summed E-state index contributed by atoms with van der Waals surface area (Å²) >= 11 is 0. The van der Waals surface area contributed by atoms with E-state index in [1.54, 1.807) is 4.40 Å². The number of azo groups is 1. The Kier molecular flexibility index (Phi) is 4.12. The summed E-state index contributed by atoms with van der Waals surface area (Å²) in [6, 6.07) is 9.63. The topological polar surface area (TPSA) is 79.3 Å². The summed E-state index contributed by atoms with van der Waals surface area (Å²) in [7, 11) is 0. The van der Waals surface area contributed by atoms with Gasteiger partial charge in [-0.25, -0.2) is 4.98 Å². The summed E-state index contributed by atoms with van der Waals surface area (Å²) < 4.78 is 1.78. The predicted molar refractivity (Wildman–Crippen MR) is 91.4 cm³/mol. The first kappa shape index (κ1) is 15.9. The highest BCUT2D eigenvalue weighted by Gasteiger charge is 2.16. The van der Waals surface area contributed by atoms with E-state index in [4.69, 9.17) is 5.11 Å². The first-order chi connectivity index (χ1) is 11.5. The van der Waals surface area contributed by atoms with Gasteiger partial charge in [-0.2, -0.15) is 0 Å². The van der Waals surface area contributed by atoms with Crippen LogP contribution in [0.2, 0.25) is 0 Å². The van der Waals surface area contributed by atoms with E-state index in [0.717, 1.165) is 16.8 Å². The monoisotopic (exact) mass is 322 g/mol. The predicted octanol–water partition coefficient (Wildman–Crippen LogP) is 4.30. The molecule has 0 amide bonds. The molecule has 0 bridgehead atoms. The average Bonchev–Trinajstić information content (AvgIpc) is 2.87. The number of carboxylic acid groups (broad SMARTS) is 1. The number of aryl methyl sites for hydroxylation is 3. The Hall–Kier alpha value is -3.02. The highest BCUT2D eigenvalue weighted by Crippen LogP contribution is 2.26. The van der Waals surface area contributed by atoms with E-state index >= 15 is 0 Å². The molecule has 2 aromatic heterocycles. The molecule has 0 aliphatic heterocycles. The van der Waals surface area contributed by atoms with Crippen molar-refractivity contribution in [2.45, 2.75) is 27.2 Å². The van der Waals surface area contributed by atoms with Crippen molar-refractivity contribution < 1.29 is 9.90 Å². The number of carbonyl (C=O) groups is 1. The van der Waals surface area contributed by atoms with E-state index in [-0.39, 0.29) is 6.42 Å². The standard InChI is InChI=1S/C18H18N4O2/c1-11-6-7-14(9-13(11)3)20-21-18-15(10-16(23)24)19-17-12(2)5-4-8-22(17)18/h4-9H,10H2,1-3H3,(H,23,24). The van der Waals surface area contributed by atoms with Crippen LogP contribution >= 0.6 is 0 Å².